The van der Waals surface area contributed by atoms with E-state index in [2.05, 4.69) is 15.9 Å². The summed E-state index contributed by atoms with van der Waals surface area (Å²) >= 11 is 3.42. The summed E-state index contributed by atoms with van der Waals surface area (Å²) < 4.78 is 29.4. The Morgan fingerprint density at radius 1 is 1.12 bits per heavy atom. The van der Waals surface area contributed by atoms with Crippen molar-refractivity contribution in [2.75, 3.05) is 36.0 Å². The molecule has 0 spiro atoms. The van der Waals surface area contributed by atoms with Gasteiger partial charge in [-0.05, 0) is 78.4 Å². The van der Waals surface area contributed by atoms with Crippen LogP contribution in [0.2, 0.25) is 0 Å². The van der Waals surface area contributed by atoms with Crippen LogP contribution < -0.4 is 9.80 Å². The van der Waals surface area contributed by atoms with Gasteiger partial charge in [-0.15, -0.1) is 0 Å². The summed E-state index contributed by atoms with van der Waals surface area (Å²) in [5.74, 6) is -0.367. The summed E-state index contributed by atoms with van der Waals surface area (Å²) in [5, 5.41) is 0. The number of benzene rings is 2. The van der Waals surface area contributed by atoms with Crippen LogP contribution >= 0.6 is 15.9 Å². The highest BCUT2D eigenvalue weighted by molar-refractivity contribution is 9.10. The summed E-state index contributed by atoms with van der Waals surface area (Å²) in [5.41, 5.74) is 3.30. The lowest BCUT2D eigenvalue weighted by atomic mass is 9.96. The minimum atomic E-state index is -3.85. The molecule has 0 aliphatic carbocycles. The fraction of sp³-hybridized carbons (Fsp3) is 0.440. The number of rotatable bonds is 5. The molecule has 2 heterocycles. The van der Waals surface area contributed by atoms with E-state index in [1.807, 2.05) is 44.2 Å². The van der Waals surface area contributed by atoms with Crippen molar-refractivity contribution in [1.82, 2.24) is 4.31 Å². The number of hydrogen-bond acceptors (Lipinski definition) is 4. The number of carbonyl (C=O) groups excluding carboxylic acids is 2. The highest BCUT2D eigenvalue weighted by atomic mass is 79.9. The second-order valence-corrected chi connectivity index (χ2v) is 11.6. The number of nitrogens with zero attached hydrogens (tertiary/aromatic N) is 3. The molecule has 0 radical (unpaired) electrons. The van der Waals surface area contributed by atoms with Crippen LogP contribution in [0.25, 0.3) is 0 Å². The number of amides is 2. The molecule has 2 aliphatic heterocycles. The topological polar surface area (TPSA) is 78.0 Å². The normalized spacial score (nSPS) is 17.0. The number of sulfonamides is 1. The van der Waals surface area contributed by atoms with E-state index in [9.17, 15) is 18.0 Å². The molecule has 0 aromatic heterocycles. The molecule has 2 aromatic carbocycles. The maximum atomic E-state index is 13.7. The molecule has 0 atom stereocenters. The van der Waals surface area contributed by atoms with Crippen molar-refractivity contribution in [3.05, 3.63) is 52.0 Å². The molecular formula is C25H30BrN3O4S. The molecule has 0 saturated carbocycles. The highest BCUT2D eigenvalue weighted by Crippen LogP contribution is 2.41. The minimum absolute atomic E-state index is 0.0367. The van der Waals surface area contributed by atoms with E-state index in [0.29, 0.717) is 42.5 Å². The number of halogens is 1. The molecule has 0 bridgehead atoms. The predicted octanol–water partition coefficient (Wildman–Crippen LogP) is 4.12. The van der Waals surface area contributed by atoms with Crippen LogP contribution in [0, 0.1) is 12.8 Å². The molecule has 2 aliphatic rings. The molecule has 1 saturated heterocycles. The Labute approximate surface area is 209 Å². The number of piperidine rings is 1. The van der Waals surface area contributed by atoms with Crippen LogP contribution in [-0.2, 0) is 26.0 Å². The smallest absolute Gasteiger partial charge is 0.246 e. The molecule has 2 aromatic rings. The molecule has 1 fully saturated rings. The van der Waals surface area contributed by atoms with Crippen molar-refractivity contribution >= 4 is 49.1 Å². The Hall–Kier alpha value is -2.23. The van der Waals surface area contributed by atoms with Gasteiger partial charge in [-0.25, -0.2) is 8.42 Å². The summed E-state index contributed by atoms with van der Waals surface area (Å²) in [7, 11) is -3.85. The Morgan fingerprint density at radius 3 is 2.44 bits per heavy atom. The van der Waals surface area contributed by atoms with Crippen LogP contribution in [0.4, 0.5) is 11.4 Å². The first-order valence-corrected chi connectivity index (χ1v) is 13.9. The van der Waals surface area contributed by atoms with Gasteiger partial charge in [-0.1, -0.05) is 18.2 Å². The van der Waals surface area contributed by atoms with Gasteiger partial charge in [0.05, 0.1) is 5.69 Å². The van der Waals surface area contributed by atoms with Crippen LogP contribution in [-0.4, -0.2) is 50.7 Å². The maximum absolute atomic E-state index is 13.7. The number of carbonyl (C=O) groups is 2. The monoisotopic (exact) mass is 547 g/mol. The lowest BCUT2D eigenvalue weighted by Crippen LogP contribution is -2.44. The lowest BCUT2D eigenvalue weighted by molar-refractivity contribution is -0.123. The second-order valence-electron chi connectivity index (χ2n) is 8.90. The van der Waals surface area contributed by atoms with Crippen molar-refractivity contribution in [2.24, 2.45) is 5.92 Å². The van der Waals surface area contributed by atoms with Gasteiger partial charge in [0.25, 0.3) is 0 Å². The van der Waals surface area contributed by atoms with Crippen molar-refractivity contribution < 1.29 is 18.0 Å². The number of anilines is 2. The quantitative estimate of drug-likeness (QED) is 0.564. The van der Waals surface area contributed by atoms with Crippen molar-refractivity contribution in [2.45, 2.75) is 44.9 Å². The van der Waals surface area contributed by atoms with E-state index in [-0.39, 0.29) is 35.7 Å². The second kappa shape index (κ2) is 9.79. The first kappa shape index (κ1) is 24.9. The lowest BCUT2D eigenvalue weighted by Gasteiger charge is -2.34. The minimum Gasteiger partial charge on any atom is -0.312 e. The van der Waals surface area contributed by atoms with Crippen molar-refractivity contribution in [1.29, 1.82) is 0 Å². The maximum Gasteiger partial charge on any atom is 0.246 e. The van der Waals surface area contributed by atoms with Crippen LogP contribution in [0.3, 0.4) is 0 Å². The largest absolute Gasteiger partial charge is 0.312 e. The van der Waals surface area contributed by atoms with E-state index in [4.69, 9.17) is 0 Å². The van der Waals surface area contributed by atoms with E-state index < -0.39 is 10.0 Å². The predicted molar refractivity (Wildman–Crippen MR) is 137 cm³/mol. The van der Waals surface area contributed by atoms with Crippen LogP contribution in [0.15, 0.2) is 45.8 Å². The first-order chi connectivity index (χ1) is 16.1. The Bertz CT molecular complexity index is 1220. The third kappa shape index (κ3) is 4.53. The molecule has 34 heavy (non-hydrogen) atoms. The molecule has 2 amide bonds. The fourth-order valence-corrected chi connectivity index (χ4v) is 7.63. The van der Waals surface area contributed by atoms with Gasteiger partial charge >= 0.3 is 0 Å². The molecule has 0 unspecified atom stereocenters. The molecule has 9 heteroatoms. The van der Waals surface area contributed by atoms with Gasteiger partial charge in [0.1, 0.15) is 4.90 Å². The third-order valence-corrected chi connectivity index (χ3v) is 9.62. The standard InChI is InChI=1S/C25H30BrN3O4S/c1-4-28(21-7-5-6-17(2)16-21)25(31)20-10-13-27(14-11-20)34(32,33)24-22(26)9-8-19-12-15-29(18(3)30)23(19)24/h5-9,16,20H,4,10-15H2,1-3H3. The van der Waals surface area contributed by atoms with Gasteiger partial charge < -0.3 is 9.80 Å². The zero-order chi connectivity index (χ0) is 24.6. The van der Waals surface area contributed by atoms with Gasteiger partial charge in [0.15, 0.2) is 0 Å². The van der Waals surface area contributed by atoms with Gasteiger partial charge in [0.2, 0.25) is 21.8 Å². The summed E-state index contributed by atoms with van der Waals surface area (Å²) in [6.07, 6.45) is 1.56. The average Bonchev–Trinajstić information content (AvgIpc) is 3.23. The first-order valence-electron chi connectivity index (χ1n) is 11.6. The van der Waals surface area contributed by atoms with Crippen molar-refractivity contribution in [3.63, 3.8) is 0 Å². The van der Waals surface area contributed by atoms with Crippen LogP contribution in [0.5, 0.6) is 0 Å². The number of hydrogen-bond donors (Lipinski definition) is 0. The third-order valence-electron chi connectivity index (χ3n) is 6.72. The van der Waals surface area contributed by atoms with E-state index in [0.717, 1.165) is 16.8 Å². The molecule has 4 rings (SSSR count). The van der Waals surface area contributed by atoms with Crippen molar-refractivity contribution in [3.8, 4) is 0 Å². The molecular weight excluding hydrogens is 518 g/mol. The van der Waals surface area contributed by atoms with E-state index in [1.165, 1.54) is 11.2 Å². The zero-order valence-corrected chi connectivity index (χ0v) is 22.2. The van der Waals surface area contributed by atoms with Gasteiger partial charge in [-0.2, -0.15) is 4.31 Å². The molecule has 0 N–H and O–H groups in total. The Kier molecular flexibility index (Phi) is 7.17. The summed E-state index contributed by atoms with van der Waals surface area (Å²) in [6.45, 7) is 6.97. The molecule has 182 valence electrons. The Morgan fingerprint density at radius 2 is 1.82 bits per heavy atom. The average molecular weight is 549 g/mol. The Balaban J connectivity index is 1.54. The molecule has 7 nitrogen and oxygen atoms in total. The highest BCUT2D eigenvalue weighted by Gasteiger charge is 2.39. The van der Waals surface area contributed by atoms with Gasteiger partial charge in [0, 0.05) is 49.2 Å². The number of aryl methyl sites for hydroxylation is 1. The van der Waals surface area contributed by atoms with Crippen LogP contribution in [0.1, 0.15) is 37.8 Å². The summed E-state index contributed by atoms with van der Waals surface area (Å²) in [6, 6.07) is 11.5. The SMILES string of the molecule is CCN(C(=O)C1CCN(S(=O)(=O)c2c(Br)ccc3c2N(C(C)=O)CC3)CC1)c1cccc(C)c1. The zero-order valence-electron chi connectivity index (χ0n) is 19.8. The number of fused-ring (bicyclic) bond motifs is 1. The fourth-order valence-electron chi connectivity index (χ4n) is 4.94. The van der Waals surface area contributed by atoms with Gasteiger partial charge in [-0.3, -0.25) is 9.59 Å². The summed E-state index contributed by atoms with van der Waals surface area (Å²) in [4.78, 5) is 29.0. The van der Waals surface area contributed by atoms with E-state index >= 15 is 0 Å². The van der Waals surface area contributed by atoms with E-state index in [1.54, 1.807) is 15.9 Å².